The lowest BCUT2D eigenvalue weighted by Crippen LogP contribution is -2.31. The third-order valence-electron chi connectivity index (χ3n) is 3.36. The van der Waals surface area contributed by atoms with E-state index in [0.717, 1.165) is 23.4 Å². The molecule has 0 saturated carbocycles. The first-order chi connectivity index (χ1) is 10.7. The molecule has 1 aromatic heterocycles. The van der Waals surface area contributed by atoms with Gasteiger partial charge in [0.15, 0.2) is 0 Å². The molecule has 124 valence electrons. The fourth-order valence-corrected chi connectivity index (χ4v) is 4.62. The summed E-state index contributed by atoms with van der Waals surface area (Å²) in [6.07, 6.45) is 1.71. The minimum Gasteiger partial charge on any atom is -0.267 e. The van der Waals surface area contributed by atoms with Crippen LogP contribution in [0, 0.1) is 20.8 Å². The minimum atomic E-state index is -3.90. The molecule has 23 heavy (non-hydrogen) atoms. The first-order valence-corrected chi connectivity index (χ1v) is 9.65. The second-order valence-electron chi connectivity index (χ2n) is 5.48. The predicted molar refractivity (Wildman–Crippen MR) is 91.4 cm³/mol. The Kier molecular flexibility index (Phi) is 5.21. The summed E-state index contributed by atoms with van der Waals surface area (Å²) in [4.78, 5) is 17.1. The number of nitrogens with zero attached hydrogens (tertiary/aromatic N) is 1. The lowest BCUT2D eigenvalue weighted by Gasteiger charge is -2.09. The number of carbonyl (C=O) groups is 1. The smallest absolute Gasteiger partial charge is 0.267 e. The van der Waals surface area contributed by atoms with Gasteiger partial charge in [0.1, 0.15) is 4.88 Å². The minimum absolute atomic E-state index is 0.118. The molecule has 2 rings (SSSR count). The van der Waals surface area contributed by atoms with Crippen molar-refractivity contribution in [1.29, 1.82) is 0 Å². The Hall–Kier alpha value is -1.73. The summed E-state index contributed by atoms with van der Waals surface area (Å²) in [5, 5.41) is 0.846. The number of amides is 1. The average molecular weight is 352 g/mol. The van der Waals surface area contributed by atoms with Gasteiger partial charge in [-0.1, -0.05) is 24.6 Å². The van der Waals surface area contributed by atoms with Crippen molar-refractivity contribution in [2.24, 2.45) is 0 Å². The standard InChI is InChI=1S/C16H20N2O3S2/c1-5-6-14-17-12(4)15(22-14)16(19)18-23(20,21)13-8-7-10(2)9-11(13)3/h7-9H,5-6H2,1-4H3,(H,18,19). The van der Waals surface area contributed by atoms with Crippen molar-refractivity contribution < 1.29 is 13.2 Å². The van der Waals surface area contributed by atoms with Gasteiger partial charge in [-0.15, -0.1) is 11.3 Å². The quantitative estimate of drug-likeness (QED) is 0.897. The molecule has 1 heterocycles. The predicted octanol–water partition coefficient (Wildman–Crippen LogP) is 3.14. The van der Waals surface area contributed by atoms with Gasteiger partial charge < -0.3 is 0 Å². The van der Waals surface area contributed by atoms with Gasteiger partial charge >= 0.3 is 0 Å². The molecule has 1 amide bonds. The van der Waals surface area contributed by atoms with Gasteiger partial charge in [0.25, 0.3) is 15.9 Å². The number of nitrogens with one attached hydrogen (secondary N) is 1. The molecule has 0 unspecified atom stereocenters. The van der Waals surface area contributed by atoms with E-state index in [2.05, 4.69) is 9.71 Å². The van der Waals surface area contributed by atoms with Crippen LogP contribution < -0.4 is 4.72 Å². The van der Waals surface area contributed by atoms with Crippen LogP contribution in [0.2, 0.25) is 0 Å². The number of thiazole rings is 1. The van der Waals surface area contributed by atoms with E-state index < -0.39 is 15.9 Å². The molecule has 0 fully saturated rings. The summed E-state index contributed by atoms with van der Waals surface area (Å²) < 4.78 is 27.0. The second kappa shape index (κ2) is 6.80. The highest BCUT2D eigenvalue weighted by molar-refractivity contribution is 7.90. The molecule has 0 saturated heterocycles. The Bertz CT molecular complexity index is 839. The fourth-order valence-electron chi connectivity index (χ4n) is 2.31. The molecular formula is C16H20N2O3S2. The largest absolute Gasteiger partial charge is 0.276 e. The lowest BCUT2D eigenvalue weighted by atomic mass is 10.2. The number of sulfonamides is 1. The van der Waals surface area contributed by atoms with Crippen molar-refractivity contribution in [1.82, 2.24) is 9.71 Å². The third kappa shape index (κ3) is 3.97. The van der Waals surface area contributed by atoms with Crippen LogP contribution >= 0.6 is 11.3 Å². The molecule has 0 radical (unpaired) electrons. The van der Waals surface area contributed by atoms with E-state index in [4.69, 9.17) is 0 Å². The molecule has 2 aromatic rings. The van der Waals surface area contributed by atoms with Crippen LogP contribution in [0.3, 0.4) is 0 Å². The Morgan fingerprint density at radius 1 is 1.26 bits per heavy atom. The first-order valence-electron chi connectivity index (χ1n) is 7.35. The molecule has 0 atom stereocenters. The van der Waals surface area contributed by atoms with Gasteiger partial charge in [-0.2, -0.15) is 0 Å². The van der Waals surface area contributed by atoms with Crippen LogP contribution in [0.5, 0.6) is 0 Å². The van der Waals surface area contributed by atoms with Gasteiger partial charge in [0.2, 0.25) is 0 Å². The number of hydrogen-bond acceptors (Lipinski definition) is 5. The Morgan fingerprint density at radius 3 is 2.57 bits per heavy atom. The van der Waals surface area contributed by atoms with Crippen LogP contribution in [0.25, 0.3) is 0 Å². The molecular weight excluding hydrogens is 332 g/mol. The number of aryl methyl sites for hydroxylation is 4. The number of rotatable bonds is 5. The van der Waals surface area contributed by atoms with Crippen molar-refractivity contribution in [2.75, 3.05) is 0 Å². The van der Waals surface area contributed by atoms with Crippen LogP contribution in [0.4, 0.5) is 0 Å². The topological polar surface area (TPSA) is 76.1 Å². The van der Waals surface area contributed by atoms with E-state index in [1.807, 2.05) is 13.8 Å². The van der Waals surface area contributed by atoms with Crippen LogP contribution in [0.1, 0.15) is 44.8 Å². The monoisotopic (exact) mass is 352 g/mol. The molecule has 0 spiro atoms. The summed E-state index contributed by atoms with van der Waals surface area (Å²) >= 11 is 1.25. The maximum Gasteiger partial charge on any atom is 0.276 e. The molecule has 7 heteroatoms. The van der Waals surface area contributed by atoms with E-state index in [0.29, 0.717) is 16.1 Å². The van der Waals surface area contributed by atoms with Crippen LogP contribution in [0.15, 0.2) is 23.1 Å². The maximum atomic E-state index is 12.4. The zero-order chi connectivity index (χ0) is 17.2. The number of aromatic nitrogens is 1. The van der Waals surface area contributed by atoms with Crippen molar-refractivity contribution in [3.05, 3.63) is 44.9 Å². The SMILES string of the molecule is CCCc1nc(C)c(C(=O)NS(=O)(=O)c2ccc(C)cc2C)s1. The summed E-state index contributed by atoms with van der Waals surface area (Å²) in [6, 6.07) is 5.00. The van der Waals surface area contributed by atoms with Crippen LogP contribution in [-0.4, -0.2) is 19.3 Å². The van der Waals surface area contributed by atoms with Crippen molar-refractivity contribution in [2.45, 2.75) is 45.4 Å². The van der Waals surface area contributed by atoms with E-state index in [1.54, 1.807) is 26.0 Å². The molecule has 0 aliphatic rings. The lowest BCUT2D eigenvalue weighted by molar-refractivity contribution is 0.0984. The zero-order valence-corrected chi connectivity index (χ0v) is 15.3. The molecule has 0 aliphatic heterocycles. The summed E-state index contributed by atoms with van der Waals surface area (Å²) in [6.45, 7) is 7.34. The average Bonchev–Trinajstić information content (AvgIpc) is 2.79. The van der Waals surface area contributed by atoms with E-state index in [-0.39, 0.29) is 4.90 Å². The number of hydrogen-bond donors (Lipinski definition) is 1. The number of carbonyl (C=O) groups excluding carboxylic acids is 1. The molecule has 0 aliphatic carbocycles. The molecule has 5 nitrogen and oxygen atoms in total. The normalized spacial score (nSPS) is 11.5. The van der Waals surface area contributed by atoms with Crippen molar-refractivity contribution in [3.63, 3.8) is 0 Å². The highest BCUT2D eigenvalue weighted by Crippen LogP contribution is 2.21. The second-order valence-corrected chi connectivity index (χ2v) is 8.21. The van der Waals surface area contributed by atoms with E-state index in [9.17, 15) is 13.2 Å². The van der Waals surface area contributed by atoms with Gasteiger partial charge in [0.05, 0.1) is 15.6 Å². The van der Waals surface area contributed by atoms with Gasteiger partial charge in [-0.25, -0.2) is 18.1 Å². The van der Waals surface area contributed by atoms with Gasteiger partial charge in [0, 0.05) is 0 Å². The highest BCUT2D eigenvalue weighted by Gasteiger charge is 2.23. The highest BCUT2D eigenvalue weighted by atomic mass is 32.2. The molecule has 0 bridgehead atoms. The summed E-state index contributed by atoms with van der Waals surface area (Å²) in [7, 11) is -3.90. The Balaban J connectivity index is 2.28. The van der Waals surface area contributed by atoms with Crippen LogP contribution in [-0.2, 0) is 16.4 Å². The summed E-state index contributed by atoms with van der Waals surface area (Å²) in [5.41, 5.74) is 2.14. The maximum absolute atomic E-state index is 12.4. The van der Waals surface area contributed by atoms with E-state index in [1.165, 1.54) is 17.4 Å². The molecule has 1 aromatic carbocycles. The van der Waals surface area contributed by atoms with Crippen molar-refractivity contribution in [3.8, 4) is 0 Å². The summed E-state index contributed by atoms with van der Waals surface area (Å²) in [5.74, 6) is -0.623. The van der Waals surface area contributed by atoms with Gasteiger partial charge in [-0.05, 0) is 45.2 Å². The fraction of sp³-hybridized carbons (Fsp3) is 0.375. The first kappa shape index (κ1) is 17.6. The Morgan fingerprint density at radius 2 is 1.96 bits per heavy atom. The van der Waals surface area contributed by atoms with E-state index >= 15 is 0 Å². The number of benzene rings is 1. The Labute approximate surface area is 140 Å². The molecule has 1 N–H and O–H groups in total. The van der Waals surface area contributed by atoms with Crippen molar-refractivity contribution >= 4 is 27.3 Å². The third-order valence-corrected chi connectivity index (χ3v) is 6.07. The zero-order valence-electron chi connectivity index (χ0n) is 13.6. The van der Waals surface area contributed by atoms with Gasteiger partial charge in [-0.3, -0.25) is 4.79 Å².